The number of hydrogen-bond acceptors (Lipinski definition) is 3. The molecule has 0 N–H and O–H groups in total. The number of halogens is 1. The molecule has 0 atom stereocenters. The van der Waals surface area contributed by atoms with Crippen molar-refractivity contribution in [1.82, 2.24) is 14.7 Å². The summed E-state index contributed by atoms with van der Waals surface area (Å²) in [5, 5.41) is 19.9. The first kappa shape index (κ1) is 8.43. The molecular weight excluding hydrogens is 216 g/mol. The molecule has 0 aliphatic rings. The molecule has 2 heterocycles. The van der Waals surface area contributed by atoms with Crippen molar-refractivity contribution in [2.24, 2.45) is 0 Å². The van der Waals surface area contributed by atoms with E-state index in [4.69, 9.17) is 11.6 Å². The van der Waals surface area contributed by atoms with Gasteiger partial charge in [-0.1, -0.05) is 26.3 Å². The quantitative estimate of drug-likeness (QED) is 0.422. The third-order valence-corrected chi connectivity index (χ3v) is 2.42. The molecule has 3 aromatic rings. The molecule has 0 saturated heterocycles. The Kier molecular flexibility index (Phi) is 1.58. The van der Waals surface area contributed by atoms with Gasteiger partial charge in [0.2, 0.25) is 0 Å². The maximum absolute atomic E-state index is 11.5. The van der Waals surface area contributed by atoms with Gasteiger partial charge in [-0.15, -0.1) is 4.85 Å². The maximum atomic E-state index is 11.5. The van der Waals surface area contributed by atoms with Crippen molar-refractivity contribution >= 4 is 28.3 Å². The molecule has 0 unspecified atom stereocenters. The van der Waals surface area contributed by atoms with E-state index in [2.05, 4.69) is 10.2 Å². The molecule has 0 amide bonds. The van der Waals surface area contributed by atoms with Crippen LogP contribution in [0.1, 0.15) is 0 Å². The average Bonchev–Trinajstić information content (AvgIpc) is 2.66. The van der Waals surface area contributed by atoms with Crippen molar-refractivity contribution < 1.29 is 4.85 Å². The molecule has 2 aromatic heterocycles. The maximum Gasteiger partial charge on any atom is 0.333 e. The fourth-order valence-corrected chi connectivity index (χ4v) is 1.70. The van der Waals surface area contributed by atoms with Gasteiger partial charge >= 0.3 is 5.65 Å². The number of rotatable bonds is 0. The number of fused-ring (bicyclic) bond motifs is 3. The standard InChI is InChI=1S/C9H5ClN4O/c10-6-1-2-8-7(5-6)12-14(15)9-3-4-11-13(8)9/h1-5H. The van der Waals surface area contributed by atoms with Crippen molar-refractivity contribution in [1.29, 1.82) is 0 Å². The van der Waals surface area contributed by atoms with E-state index in [0.29, 0.717) is 21.0 Å². The summed E-state index contributed by atoms with van der Waals surface area (Å²) in [6.07, 6.45) is 1.56. The first-order chi connectivity index (χ1) is 7.25. The second kappa shape index (κ2) is 2.80. The smallest absolute Gasteiger partial charge is 0.333 e. The van der Waals surface area contributed by atoms with Crippen molar-refractivity contribution in [3.8, 4) is 0 Å². The molecule has 6 heteroatoms. The molecule has 74 valence electrons. The number of hydrogen-bond donors (Lipinski definition) is 0. The molecule has 0 spiro atoms. The topological polar surface area (TPSA) is 57.1 Å². The van der Waals surface area contributed by atoms with Gasteiger partial charge < -0.3 is 5.21 Å². The van der Waals surface area contributed by atoms with E-state index in [0.717, 1.165) is 5.52 Å². The van der Waals surface area contributed by atoms with E-state index in [-0.39, 0.29) is 0 Å². The Bertz CT molecular complexity index is 664. The summed E-state index contributed by atoms with van der Waals surface area (Å²) in [6.45, 7) is 0. The van der Waals surface area contributed by atoms with Crippen molar-refractivity contribution in [2.75, 3.05) is 0 Å². The van der Waals surface area contributed by atoms with Gasteiger partial charge in [0.05, 0.1) is 12.3 Å². The summed E-state index contributed by atoms with van der Waals surface area (Å²) in [7, 11) is 0. The van der Waals surface area contributed by atoms with Crippen LogP contribution in [0.25, 0.3) is 16.7 Å². The normalized spacial score (nSPS) is 11.3. The van der Waals surface area contributed by atoms with Gasteiger partial charge in [-0.25, -0.2) is 0 Å². The van der Waals surface area contributed by atoms with E-state index in [1.165, 1.54) is 4.52 Å². The lowest BCUT2D eigenvalue weighted by atomic mass is 10.3. The van der Waals surface area contributed by atoms with Gasteiger partial charge in [0, 0.05) is 5.02 Å². The van der Waals surface area contributed by atoms with Crippen molar-refractivity contribution in [2.45, 2.75) is 0 Å². The number of aromatic nitrogens is 4. The van der Waals surface area contributed by atoms with Gasteiger partial charge in [0.15, 0.2) is 11.0 Å². The lowest BCUT2D eigenvalue weighted by Gasteiger charge is -2.02. The zero-order valence-corrected chi connectivity index (χ0v) is 8.22. The Hall–Kier alpha value is -1.88. The van der Waals surface area contributed by atoms with Crippen LogP contribution in [0.2, 0.25) is 5.02 Å². The summed E-state index contributed by atoms with van der Waals surface area (Å²) < 4.78 is 1.53. The van der Waals surface area contributed by atoms with Gasteiger partial charge in [-0.3, -0.25) is 0 Å². The molecule has 0 saturated carbocycles. The van der Waals surface area contributed by atoms with E-state index < -0.39 is 0 Å². The predicted molar refractivity (Wildman–Crippen MR) is 54.5 cm³/mol. The lowest BCUT2D eigenvalue weighted by molar-refractivity contribution is -0.643. The largest absolute Gasteiger partial charge is 0.691 e. The molecule has 0 fully saturated rings. The molecular formula is C9H5ClN4O. The van der Waals surface area contributed by atoms with Crippen molar-refractivity contribution in [3.63, 3.8) is 0 Å². The first-order valence-corrected chi connectivity index (χ1v) is 4.66. The Morgan fingerprint density at radius 2 is 2.20 bits per heavy atom. The molecule has 5 nitrogen and oxygen atoms in total. The molecule has 0 aliphatic carbocycles. The van der Waals surface area contributed by atoms with Gasteiger partial charge in [0.25, 0.3) is 0 Å². The third kappa shape index (κ3) is 1.13. The SMILES string of the molecule is [O-][n+]1nc2cc(Cl)ccc2n2nccc21. The molecule has 1 aromatic carbocycles. The van der Waals surface area contributed by atoms with Crippen LogP contribution in [-0.2, 0) is 0 Å². The first-order valence-electron chi connectivity index (χ1n) is 4.28. The fraction of sp³-hybridized carbons (Fsp3) is 0. The second-order valence-corrected chi connectivity index (χ2v) is 3.54. The molecule has 0 aliphatic heterocycles. The fourth-order valence-electron chi connectivity index (χ4n) is 1.53. The Balaban J connectivity index is 2.60. The highest BCUT2D eigenvalue weighted by Gasteiger charge is 2.12. The Morgan fingerprint density at radius 1 is 1.33 bits per heavy atom. The van der Waals surface area contributed by atoms with Gasteiger partial charge in [-0.05, 0) is 18.2 Å². The van der Waals surface area contributed by atoms with Crippen LogP contribution in [0.3, 0.4) is 0 Å². The van der Waals surface area contributed by atoms with Crippen LogP contribution in [0, 0.1) is 5.21 Å². The van der Waals surface area contributed by atoms with Crippen molar-refractivity contribution in [3.05, 3.63) is 40.7 Å². The highest BCUT2D eigenvalue weighted by Crippen LogP contribution is 2.16. The van der Waals surface area contributed by atoms with E-state index in [9.17, 15) is 5.21 Å². The molecule has 3 rings (SSSR count). The van der Waals surface area contributed by atoms with Crippen LogP contribution in [-0.4, -0.2) is 14.7 Å². The summed E-state index contributed by atoms with van der Waals surface area (Å²) in [6, 6.07) is 6.76. The van der Waals surface area contributed by atoms with Crippen LogP contribution in [0.4, 0.5) is 0 Å². The molecule has 15 heavy (non-hydrogen) atoms. The Labute approximate surface area is 89.1 Å². The zero-order chi connectivity index (χ0) is 10.4. The summed E-state index contributed by atoms with van der Waals surface area (Å²) >= 11 is 5.82. The number of nitrogens with zero attached hydrogens (tertiary/aromatic N) is 4. The highest BCUT2D eigenvalue weighted by molar-refractivity contribution is 6.31. The zero-order valence-electron chi connectivity index (χ0n) is 7.46. The number of benzene rings is 1. The second-order valence-electron chi connectivity index (χ2n) is 3.11. The van der Waals surface area contributed by atoms with Crippen LogP contribution < -0.4 is 4.85 Å². The van der Waals surface area contributed by atoms with E-state index in [1.807, 2.05) is 0 Å². The molecule has 0 radical (unpaired) electrons. The van der Waals surface area contributed by atoms with Crippen LogP contribution in [0.5, 0.6) is 0 Å². The summed E-state index contributed by atoms with van der Waals surface area (Å²) in [5.74, 6) is 0. The lowest BCUT2D eigenvalue weighted by Crippen LogP contribution is -2.33. The monoisotopic (exact) mass is 220 g/mol. The minimum atomic E-state index is 0.393. The van der Waals surface area contributed by atoms with E-state index in [1.54, 1.807) is 30.5 Å². The van der Waals surface area contributed by atoms with E-state index >= 15 is 0 Å². The van der Waals surface area contributed by atoms with Gasteiger partial charge in [-0.2, -0.15) is 0 Å². The average molecular weight is 221 g/mol. The molecule has 0 bridgehead atoms. The minimum absolute atomic E-state index is 0.393. The van der Waals surface area contributed by atoms with Crippen LogP contribution in [0.15, 0.2) is 30.5 Å². The summed E-state index contributed by atoms with van der Waals surface area (Å²) in [4.78, 5) is 0.533. The van der Waals surface area contributed by atoms with Crippen LogP contribution >= 0.6 is 11.6 Å². The minimum Gasteiger partial charge on any atom is -0.691 e. The highest BCUT2D eigenvalue weighted by atomic mass is 35.5. The van der Waals surface area contributed by atoms with Gasteiger partial charge in [0.1, 0.15) is 0 Å². The third-order valence-electron chi connectivity index (χ3n) is 2.18. The Morgan fingerprint density at radius 3 is 3.07 bits per heavy atom. The predicted octanol–water partition coefficient (Wildman–Crippen LogP) is 1.17. The summed E-state index contributed by atoms with van der Waals surface area (Å²) in [5.41, 5.74) is 1.67.